The maximum atomic E-state index is 11.1. The van der Waals surface area contributed by atoms with Crippen molar-refractivity contribution in [2.75, 3.05) is 0 Å². The molecule has 0 bridgehead atoms. The van der Waals surface area contributed by atoms with Crippen molar-refractivity contribution in [3.63, 3.8) is 0 Å². The van der Waals surface area contributed by atoms with Gasteiger partial charge in [0, 0.05) is 5.41 Å². The van der Waals surface area contributed by atoms with Crippen LogP contribution in [0.2, 0.25) is 0 Å². The van der Waals surface area contributed by atoms with E-state index in [-0.39, 0.29) is 17.3 Å². The van der Waals surface area contributed by atoms with Crippen molar-refractivity contribution in [1.82, 2.24) is 0 Å². The first kappa shape index (κ1) is 9.19. The molecule has 3 heteroatoms. The van der Waals surface area contributed by atoms with E-state index in [1.54, 1.807) is 12.2 Å². The highest BCUT2D eigenvalue weighted by molar-refractivity contribution is 6.01. The van der Waals surface area contributed by atoms with Crippen LogP contribution in [0, 0.1) is 5.41 Å². The Hall–Kier alpha value is -1.38. The highest BCUT2D eigenvalue weighted by Crippen LogP contribution is 2.46. The van der Waals surface area contributed by atoms with Crippen molar-refractivity contribution in [3.8, 4) is 0 Å². The lowest BCUT2D eigenvalue weighted by Crippen LogP contribution is -2.30. The Labute approximate surface area is 82.4 Å². The number of rotatable bonds is 2. The predicted molar refractivity (Wildman–Crippen MR) is 50.5 cm³/mol. The summed E-state index contributed by atoms with van der Waals surface area (Å²) in [4.78, 5) is 21.4. The summed E-state index contributed by atoms with van der Waals surface area (Å²) in [5.41, 5.74) is 0.825. The third kappa shape index (κ3) is 1.20. The van der Waals surface area contributed by atoms with E-state index >= 15 is 0 Å². The molecular weight excluding hydrogens is 180 g/mol. The van der Waals surface area contributed by atoms with Crippen LogP contribution in [0.3, 0.4) is 0 Å². The summed E-state index contributed by atoms with van der Waals surface area (Å²) in [6.45, 7) is 2.49. The summed E-state index contributed by atoms with van der Waals surface area (Å²) in [5.74, 6) is 0.0317. The van der Waals surface area contributed by atoms with Gasteiger partial charge in [-0.25, -0.2) is 0 Å². The zero-order valence-corrected chi connectivity index (χ0v) is 8.03. The lowest BCUT2D eigenvalue weighted by Gasteiger charge is -2.29. The van der Waals surface area contributed by atoms with Crippen LogP contribution in [0.25, 0.3) is 0 Å². The SMILES string of the molecule is C[C@]12C=CC(=O)C=C1CC[C@@H]2OC=O. The zero-order chi connectivity index (χ0) is 10.2. The highest BCUT2D eigenvalue weighted by Gasteiger charge is 2.43. The third-order valence-corrected chi connectivity index (χ3v) is 3.17. The van der Waals surface area contributed by atoms with E-state index in [0.29, 0.717) is 6.47 Å². The minimum atomic E-state index is -0.255. The molecule has 0 spiro atoms. The Morgan fingerprint density at radius 1 is 1.64 bits per heavy atom. The second kappa shape index (κ2) is 3.08. The van der Waals surface area contributed by atoms with Crippen LogP contribution in [0.5, 0.6) is 0 Å². The van der Waals surface area contributed by atoms with Crippen LogP contribution in [-0.4, -0.2) is 18.4 Å². The minimum Gasteiger partial charge on any atom is -0.463 e. The van der Waals surface area contributed by atoms with Crippen LogP contribution in [0.15, 0.2) is 23.8 Å². The maximum Gasteiger partial charge on any atom is 0.293 e. The lowest BCUT2D eigenvalue weighted by molar-refractivity contribution is -0.136. The first-order valence-electron chi connectivity index (χ1n) is 4.70. The molecule has 0 aromatic rings. The first-order valence-corrected chi connectivity index (χ1v) is 4.70. The predicted octanol–water partition coefficient (Wildman–Crippen LogP) is 1.39. The second-order valence-electron chi connectivity index (χ2n) is 3.95. The molecule has 0 saturated heterocycles. The number of ether oxygens (including phenoxy) is 1. The maximum absolute atomic E-state index is 11.1. The molecule has 0 aliphatic heterocycles. The van der Waals surface area contributed by atoms with Crippen LogP contribution in [0.4, 0.5) is 0 Å². The van der Waals surface area contributed by atoms with Gasteiger partial charge in [-0.2, -0.15) is 0 Å². The molecule has 74 valence electrons. The van der Waals surface area contributed by atoms with E-state index in [2.05, 4.69) is 0 Å². The number of carbonyl (C=O) groups excluding carboxylic acids is 2. The third-order valence-electron chi connectivity index (χ3n) is 3.17. The molecule has 0 heterocycles. The highest BCUT2D eigenvalue weighted by atomic mass is 16.5. The van der Waals surface area contributed by atoms with E-state index in [0.717, 1.165) is 18.4 Å². The Balaban J connectivity index is 2.31. The molecule has 0 radical (unpaired) electrons. The normalized spacial score (nSPS) is 35.1. The van der Waals surface area contributed by atoms with Crippen LogP contribution >= 0.6 is 0 Å². The van der Waals surface area contributed by atoms with Gasteiger partial charge in [-0.05, 0) is 31.9 Å². The molecule has 0 aromatic heterocycles. The first-order chi connectivity index (χ1) is 6.66. The summed E-state index contributed by atoms with van der Waals surface area (Å²) >= 11 is 0. The van der Waals surface area contributed by atoms with E-state index in [4.69, 9.17) is 4.74 Å². The van der Waals surface area contributed by atoms with Crippen LogP contribution in [0.1, 0.15) is 19.8 Å². The monoisotopic (exact) mass is 192 g/mol. The van der Waals surface area contributed by atoms with Gasteiger partial charge in [0.15, 0.2) is 5.78 Å². The topological polar surface area (TPSA) is 43.4 Å². The summed E-state index contributed by atoms with van der Waals surface area (Å²) in [6, 6.07) is 0. The van der Waals surface area contributed by atoms with Gasteiger partial charge >= 0.3 is 0 Å². The molecule has 0 amide bonds. The van der Waals surface area contributed by atoms with Gasteiger partial charge in [0.2, 0.25) is 0 Å². The van der Waals surface area contributed by atoms with Gasteiger partial charge in [-0.1, -0.05) is 11.6 Å². The van der Waals surface area contributed by atoms with E-state index in [1.165, 1.54) is 0 Å². The van der Waals surface area contributed by atoms with E-state index in [1.807, 2.05) is 13.0 Å². The van der Waals surface area contributed by atoms with Crippen molar-refractivity contribution in [2.45, 2.75) is 25.9 Å². The van der Waals surface area contributed by atoms with Gasteiger partial charge in [-0.15, -0.1) is 0 Å². The molecule has 1 fully saturated rings. The summed E-state index contributed by atoms with van der Waals surface area (Å²) in [7, 11) is 0. The number of allylic oxidation sites excluding steroid dienone is 2. The quantitative estimate of drug-likeness (QED) is 0.621. The fourth-order valence-electron chi connectivity index (χ4n) is 2.26. The van der Waals surface area contributed by atoms with Crippen LogP contribution in [-0.2, 0) is 14.3 Å². The fourth-order valence-corrected chi connectivity index (χ4v) is 2.26. The largest absolute Gasteiger partial charge is 0.463 e. The van der Waals surface area contributed by atoms with Gasteiger partial charge in [0.05, 0.1) is 0 Å². The number of carbonyl (C=O) groups is 2. The number of fused-ring (bicyclic) bond motifs is 1. The number of ketones is 1. The molecule has 0 aromatic carbocycles. The molecule has 0 unspecified atom stereocenters. The second-order valence-corrected chi connectivity index (χ2v) is 3.95. The van der Waals surface area contributed by atoms with E-state index < -0.39 is 0 Å². The number of hydrogen-bond acceptors (Lipinski definition) is 3. The molecule has 2 rings (SSSR count). The average molecular weight is 192 g/mol. The van der Waals surface area contributed by atoms with E-state index in [9.17, 15) is 9.59 Å². The van der Waals surface area contributed by atoms with Crippen molar-refractivity contribution in [3.05, 3.63) is 23.8 Å². The van der Waals surface area contributed by atoms with Crippen molar-refractivity contribution in [2.24, 2.45) is 5.41 Å². The van der Waals surface area contributed by atoms with Gasteiger partial charge in [-0.3, -0.25) is 9.59 Å². The summed E-state index contributed by atoms with van der Waals surface area (Å²) < 4.78 is 5.03. The summed E-state index contributed by atoms with van der Waals surface area (Å²) in [6.07, 6.45) is 6.59. The molecular formula is C11H12O3. The average Bonchev–Trinajstić information content (AvgIpc) is 2.46. The minimum absolute atomic E-state index is 0.0317. The van der Waals surface area contributed by atoms with Crippen LogP contribution < -0.4 is 0 Å². The lowest BCUT2D eigenvalue weighted by atomic mass is 9.79. The van der Waals surface area contributed by atoms with Gasteiger partial charge < -0.3 is 4.74 Å². The fraction of sp³-hybridized carbons (Fsp3) is 0.455. The standard InChI is InChI=1S/C11H12O3/c1-11-5-4-9(13)6-8(11)2-3-10(11)14-7-12/h4-7,10H,2-3H2,1H3/t10-,11-/m0/s1. The molecule has 1 saturated carbocycles. The van der Waals surface area contributed by atoms with Crippen molar-refractivity contribution < 1.29 is 14.3 Å². The zero-order valence-electron chi connectivity index (χ0n) is 8.03. The van der Waals surface area contributed by atoms with Crippen molar-refractivity contribution >= 4 is 12.3 Å². The molecule has 2 aliphatic carbocycles. The Morgan fingerprint density at radius 3 is 3.14 bits per heavy atom. The van der Waals surface area contributed by atoms with Gasteiger partial charge in [0.25, 0.3) is 6.47 Å². The molecule has 2 atom stereocenters. The molecule has 14 heavy (non-hydrogen) atoms. The Kier molecular flexibility index (Phi) is 2.02. The smallest absolute Gasteiger partial charge is 0.293 e. The molecule has 0 N–H and O–H groups in total. The molecule has 2 aliphatic rings. The molecule has 3 nitrogen and oxygen atoms in total. The van der Waals surface area contributed by atoms with Crippen molar-refractivity contribution in [1.29, 1.82) is 0 Å². The summed E-state index contributed by atoms with van der Waals surface area (Å²) in [5, 5.41) is 0. The number of hydrogen-bond donors (Lipinski definition) is 0. The Morgan fingerprint density at radius 2 is 2.43 bits per heavy atom. The Bertz CT molecular complexity index is 340. The van der Waals surface area contributed by atoms with Gasteiger partial charge in [0.1, 0.15) is 6.10 Å².